The SMILES string of the molecule is COc1ccccc1Nc1nc(C(=O)N(CCC(=O)NC[C@@H]2CCCO2)Cc2ccccc2)cs1. The number of carbonyl (C=O) groups excluding carboxylic acids is 2. The maximum Gasteiger partial charge on any atom is 0.273 e. The third kappa shape index (κ3) is 7.03. The number of rotatable bonds is 11. The molecule has 0 spiro atoms. The standard InChI is InChI=1S/C26H30N4O4S/c1-33-23-12-6-5-11-21(23)28-26-29-22(18-35-26)25(32)30(17-19-8-3-2-4-9-19)14-13-24(31)27-16-20-10-7-15-34-20/h2-6,8-9,11-12,18,20H,7,10,13-17H2,1H3,(H,27,31)(H,28,29)/t20-/m0/s1. The Morgan fingerprint density at radius 3 is 2.74 bits per heavy atom. The lowest BCUT2D eigenvalue weighted by atomic mass is 10.2. The van der Waals surface area contributed by atoms with Crippen LogP contribution in [0.3, 0.4) is 0 Å². The quantitative estimate of drug-likeness (QED) is 0.415. The van der Waals surface area contributed by atoms with Crippen LogP contribution < -0.4 is 15.4 Å². The molecule has 0 saturated carbocycles. The van der Waals surface area contributed by atoms with E-state index in [1.807, 2.05) is 54.6 Å². The molecule has 3 aromatic rings. The van der Waals surface area contributed by atoms with Gasteiger partial charge in [-0.05, 0) is 30.5 Å². The monoisotopic (exact) mass is 494 g/mol. The molecule has 9 heteroatoms. The second kappa shape index (κ2) is 12.3. The summed E-state index contributed by atoms with van der Waals surface area (Å²) in [6.45, 7) is 1.94. The highest BCUT2D eigenvalue weighted by Gasteiger charge is 2.21. The van der Waals surface area contributed by atoms with Gasteiger partial charge in [-0.2, -0.15) is 0 Å². The average Bonchev–Trinajstić information content (AvgIpc) is 3.58. The number of aromatic nitrogens is 1. The Morgan fingerprint density at radius 1 is 1.17 bits per heavy atom. The maximum absolute atomic E-state index is 13.4. The molecule has 2 amide bonds. The van der Waals surface area contributed by atoms with E-state index >= 15 is 0 Å². The molecule has 8 nitrogen and oxygen atoms in total. The molecule has 0 bridgehead atoms. The summed E-state index contributed by atoms with van der Waals surface area (Å²) in [5.74, 6) is 0.378. The van der Waals surface area contributed by atoms with Gasteiger partial charge in [-0.1, -0.05) is 42.5 Å². The minimum absolute atomic E-state index is 0.0881. The van der Waals surface area contributed by atoms with Crippen LogP contribution in [-0.2, 0) is 16.1 Å². The predicted octanol–water partition coefficient (Wildman–Crippen LogP) is 4.22. The van der Waals surface area contributed by atoms with Crippen molar-refractivity contribution in [1.82, 2.24) is 15.2 Å². The summed E-state index contributed by atoms with van der Waals surface area (Å²) in [6.07, 6.45) is 2.29. The van der Waals surface area contributed by atoms with Gasteiger partial charge in [0.1, 0.15) is 11.4 Å². The van der Waals surface area contributed by atoms with Gasteiger partial charge in [0, 0.05) is 38.0 Å². The smallest absolute Gasteiger partial charge is 0.273 e. The van der Waals surface area contributed by atoms with Crippen molar-refractivity contribution in [2.24, 2.45) is 0 Å². The second-order valence-electron chi connectivity index (χ2n) is 8.26. The molecule has 1 saturated heterocycles. The van der Waals surface area contributed by atoms with Gasteiger partial charge in [-0.15, -0.1) is 11.3 Å². The Morgan fingerprint density at radius 2 is 1.97 bits per heavy atom. The first kappa shape index (κ1) is 24.7. The first-order valence-electron chi connectivity index (χ1n) is 11.7. The van der Waals surface area contributed by atoms with Crippen LogP contribution in [0.25, 0.3) is 0 Å². The number of hydrogen-bond acceptors (Lipinski definition) is 7. The Kier molecular flexibility index (Phi) is 8.69. The van der Waals surface area contributed by atoms with Gasteiger partial charge >= 0.3 is 0 Å². The molecule has 1 fully saturated rings. The molecule has 4 rings (SSSR count). The highest BCUT2D eigenvalue weighted by molar-refractivity contribution is 7.14. The largest absolute Gasteiger partial charge is 0.495 e. The summed E-state index contributed by atoms with van der Waals surface area (Å²) in [4.78, 5) is 32.0. The molecule has 1 aromatic heterocycles. The number of anilines is 2. The van der Waals surface area contributed by atoms with Crippen LogP contribution in [0.5, 0.6) is 5.75 Å². The fraction of sp³-hybridized carbons (Fsp3) is 0.346. The van der Waals surface area contributed by atoms with Gasteiger partial charge < -0.3 is 25.0 Å². The molecule has 1 atom stereocenters. The fourth-order valence-corrected chi connectivity index (χ4v) is 4.57. The number of methoxy groups -OCH3 is 1. The van der Waals surface area contributed by atoms with E-state index in [4.69, 9.17) is 9.47 Å². The van der Waals surface area contributed by atoms with Gasteiger partial charge in [0.15, 0.2) is 5.13 Å². The number of amides is 2. The van der Waals surface area contributed by atoms with E-state index in [-0.39, 0.29) is 30.9 Å². The first-order valence-corrected chi connectivity index (χ1v) is 12.6. The number of nitrogens with one attached hydrogen (secondary N) is 2. The van der Waals surface area contributed by atoms with Crippen LogP contribution in [0.4, 0.5) is 10.8 Å². The van der Waals surface area contributed by atoms with Gasteiger partial charge in [0.25, 0.3) is 5.91 Å². The fourth-order valence-electron chi connectivity index (χ4n) is 3.87. The van der Waals surface area contributed by atoms with Crippen LogP contribution >= 0.6 is 11.3 Å². The molecule has 2 aromatic carbocycles. The molecule has 0 aliphatic carbocycles. The zero-order chi connectivity index (χ0) is 24.5. The van der Waals surface area contributed by atoms with Gasteiger partial charge in [-0.3, -0.25) is 9.59 Å². The predicted molar refractivity (Wildman–Crippen MR) is 136 cm³/mol. The van der Waals surface area contributed by atoms with Gasteiger partial charge in [0.05, 0.1) is 18.9 Å². The van der Waals surface area contributed by atoms with Crippen molar-refractivity contribution < 1.29 is 19.1 Å². The van der Waals surface area contributed by atoms with Crippen LogP contribution in [-0.4, -0.2) is 54.6 Å². The zero-order valence-corrected chi connectivity index (χ0v) is 20.6. The maximum atomic E-state index is 13.4. The van der Waals surface area contributed by atoms with E-state index in [0.29, 0.717) is 29.7 Å². The van der Waals surface area contributed by atoms with E-state index in [1.165, 1.54) is 11.3 Å². The van der Waals surface area contributed by atoms with Gasteiger partial charge in [-0.25, -0.2) is 4.98 Å². The summed E-state index contributed by atoms with van der Waals surface area (Å²) in [6, 6.07) is 17.3. The number of hydrogen-bond donors (Lipinski definition) is 2. The van der Waals surface area contributed by atoms with Crippen molar-refractivity contribution in [2.45, 2.75) is 31.9 Å². The lowest BCUT2D eigenvalue weighted by molar-refractivity contribution is -0.121. The molecule has 35 heavy (non-hydrogen) atoms. The van der Waals surface area contributed by atoms with Crippen LogP contribution in [0.15, 0.2) is 60.0 Å². The van der Waals surface area contributed by atoms with Crippen LogP contribution in [0.2, 0.25) is 0 Å². The Hall–Kier alpha value is -3.43. The number of carbonyl (C=O) groups is 2. The molecule has 184 valence electrons. The molecule has 0 radical (unpaired) electrons. The third-order valence-electron chi connectivity index (χ3n) is 5.74. The summed E-state index contributed by atoms with van der Waals surface area (Å²) in [7, 11) is 1.61. The van der Waals surface area contributed by atoms with Crippen molar-refractivity contribution in [1.29, 1.82) is 0 Å². The van der Waals surface area contributed by atoms with E-state index in [9.17, 15) is 9.59 Å². The van der Waals surface area contributed by atoms with Crippen molar-refractivity contribution in [2.75, 3.05) is 32.1 Å². The first-order chi connectivity index (χ1) is 17.1. The highest BCUT2D eigenvalue weighted by Crippen LogP contribution is 2.29. The molecule has 0 unspecified atom stereocenters. The van der Waals surface area contributed by atoms with Crippen molar-refractivity contribution in [3.63, 3.8) is 0 Å². The van der Waals surface area contributed by atoms with E-state index < -0.39 is 0 Å². The second-order valence-corrected chi connectivity index (χ2v) is 9.12. The molecular formula is C26H30N4O4S. The molecule has 2 N–H and O–H groups in total. The van der Waals surface area contributed by atoms with Crippen LogP contribution in [0.1, 0.15) is 35.3 Å². The minimum Gasteiger partial charge on any atom is -0.495 e. The summed E-state index contributed by atoms with van der Waals surface area (Å²) in [5, 5.41) is 8.47. The van der Waals surface area contributed by atoms with E-state index in [1.54, 1.807) is 17.4 Å². The highest BCUT2D eigenvalue weighted by atomic mass is 32.1. The zero-order valence-electron chi connectivity index (χ0n) is 19.7. The lowest BCUT2D eigenvalue weighted by Crippen LogP contribution is -2.37. The van der Waals surface area contributed by atoms with Crippen molar-refractivity contribution >= 4 is 34.0 Å². The Bertz CT molecular complexity index is 1120. The lowest BCUT2D eigenvalue weighted by Gasteiger charge is -2.22. The Balaban J connectivity index is 1.41. The van der Waals surface area contributed by atoms with E-state index in [0.717, 1.165) is 30.7 Å². The van der Waals surface area contributed by atoms with Crippen molar-refractivity contribution in [3.8, 4) is 5.75 Å². The topological polar surface area (TPSA) is 92.8 Å². The number of para-hydroxylation sites is 2. The van der Waals surface area contributed by atoms with E-state index in [2.05, 4.69) is 15.6 Å². The summed E-state index contributed by atoms with van der Waals surface area (Å²) >= 11 is 1.34. The van der Waals surface area contributed by atoms with Gasteiger partial charge in [0.2, 0.25) is 5.91 Å². The summed E-state index contributed by atoms with van der Waals surface area (Å²) < 4.78 is 10.9. The molecular weight excluding hydrogens is 464 g/mol. The number of nitrogens with zero attached hydrogens (tertiary/aromatic N) is 2. The average molecular weight is 495 g/mol. The van der Waals surface area contributed by atoms with Crippen molar-refractivity contribution in [3.05, 3.63) is 71.2 Å². The number of ether oxygens (including phenoxy) is 2. The minimum atomic E-state index is -0.217. The molecule has 1 aliphatic rings. The number of benzene rings is 2. The molecule has 2 heterocycles. The molecule has 1 aliphatic heterocycles. The summed E-state index contributed by atoms with van der Waals surface area (Å²) in [5.41, 5.74) is 2.10. The third-order valence-corrected chi connectivity index (χ3v) is 6.49. The van der Waals surface area contributed by atoms with Crippen LogP contribution in [0, 0.1) is 0 Å². The normalized spacial score (nSPS) is 14.9. The Labute approximate surface area is 209 Å². The number of thiazole rings is 1.